The maximum Gasteiger partial charge on any atom is 0.365 e. The Morgan fingerprint density at radius 1 is 1.25 bits per heavy atom. The molecular weight excluding hydrogens is 320 g/mol. The van der Waals surface area contributed by atoms with E-state index in [0.29, 0.717) is 0 Å². The smallest absolute Gasteiger partial charge is 0.365 e. The molecule has 0 fully saturated rings. The van der Waals surface area contributed by atoms with Crippen LogP contribution in [0.3, 0.4) is 0 Å². The highest BCUT2D eigenvalue weighted by molar-refractivity contribution is 6.05. The number of aliphatic carboxylic acids is 1. The first-order valence-corrected chi connectivity index (χ1v) is 6.51. The minimum absolute atomic E-state index is 0.117. The second kappa shape index (κ2) is 7.54. The van der Waals surface area contributed by atoms with Crippen molar-refractivity contribution in [2.45, 2.75) is 0 Å². The summed E-state index contributed by atoms with van der Waals surface area (Å²) in [7, 11) is 0. The number of carbonyl (C=O) groups excluding carboxylic acids is 1. The highest BCUT2D eigenvalue weighted by Crippen LogP contribution is 2.19. The van der Waals surface area contributed by atoms with E-state index in [1.807, 2.05) is 0 Å². The van der Waals surface area contributed by atoms with E-state index in [4.69, 9.17) is 20.4 Å². The zero-order valence-corrected chi connectivity index (χ0v) is 12.1. The van der Waals surface area contributed by atoms with Crippen molar-refractivity contribution >= 4 is 17.8 Å². The third-order valence-corrected chi connectivity index (χ3v) is 2.66. The molecule has 0 saturated carbocycles. The Morgan fingerprint density at radius 2 is 2.00 bits per heavy atom. The summed E-state index contributed by atoms with van der Waals surface area (Å²) in [5.74, 6) is 2.97. The number of hydrogen-bond donors (Lipinski definition) is 3. The molecule has 0 saturated heterocycles. The number of benzene rings is 1. The summed E-state index contributed by atoms with van der Waals surface area (Å²) in [5, 5.41) is 17.7. The minimum atomic E-state index is -1.18. The third kappa shape index (κ3) is 4.16. The van der Waals surface area contributed by atoms with Crippen molar-refractivity contribution in [2.24, 2.45) is 10.9 Å². The van der Waals surface area contributed by atoms with Gasteiger partial charge in [-0.2, -0.15) is 5.10 Å². The molecule has 10 heteroatoms. The summed E-state index contributed by atoms with van der Waals surface area (Å²) in [6.07, 6.45) is 0. The molecule has 0 radical (unpaired) electrons. The van der Waals surface area contributed by atoms with E-state index >= 15 is 0 Å². The molecule has 0 atom stereocenters. The molecule has 0 unspecified atom stereocenters. The zero-order chi connectivity index (χ0) is 17.5. The molecule has 0 aliphatic rings. The van der Waals surface area contributed by atoms with E-state index in [1.54, 1.807) is 12.1 Å². The van der Waals surface area contributed by atoms with Crippen molar-refractivity contribution < 1.29 is 24.2 Å². The number of rotatable bonds is 5. The van der Waals surface area contributed by atoms with Gasteiger partial charge < -0.3 is 20.4 Å². The topological polar surface area (TPSA) is 157 Å². The van der Waals surface area contributed by atoms with Gasteiger partial charge in [0.25, 0.3) is 5.56 Å². The largest absolute Gasteiger partial charge is 0.481 e. The van der Waals surface area contributed by atoms with Crippen LogP contribution in [0.25, 0.3) is 0 Å². The Labute approximate surface area is 134 Å². The minimum Gasteiger partial charge on any atom is -0.481 e. The number of carboxylic acids is 1. The van der Waals surface area contributed by atoms with Gasteiger partial charge in [0.1, 0.15) is 5.75 Å². The number of H-pyrrole nitrogens is 1. The summed E-state index contributed by atoms with van der Waals surface area (Å²) in [5.41, 5.74) is -0.467. The van der Waals surface area contributed by atoms with Crippen molar-refractivity contribution in [3.05, 3.63) is 58.0 Å². The summed E-state index contributed by atoms with van der Waals surface area (Å²) >= 11 is 0. The van der Waals surface area contributed by atoms with Gasteiger partial charge in [0.05, 0.1) is 5.56 Å². The van der Waals surface area contributed by atoms with Gasteiger partial charge in [-0.1, -0.05) is 12.1 Å². The fourth-order valence-electron chi connectivity index (χ4n) is 1.66. The Hall–Kier alpha value is -3.69. The van der Waals surface area contributed by atoms with Gasteiger partial charge >= 0.3 is 11.9 Å². The molecular formula is C14H12N4O6. The maximum atomic E-state index is 12.0. The van der Waals surface area contributed by atoms with E-state index in [0.717, 1.165) is 6.07 Å². The van der Waals surface area contributed by atoms with Crippen LogP contribution < -0.4 is 16.1 Å². The van der Waals surface area contributed by atoms with Crippen molar-refractivity contribution in [3.8, 4) is 5.75 Å². The first kappa shape index (κ1) is 16.7. The van der Waals surface area contributed by atoms with Crippen LogP contribution in [-0.4, -0.2) is 39.7 Å². The molecule has 1 heterocycles. The SMILES string of the molecule is N/N=C(\OC(=O)c1ccc(=O)[nH]n1)c1ccccc1OCC(=O)O. The van der Waals surface area contributed by atoms with E-state index in [1.165, 1.54) is 18.2 Å². The fourth-order valence-corrected chi connectivity index (χ4v) is 1.66. The number of para-hydroxylation sites is 1. The molecule has 24 heavy (non-hydrogen) atoms. The zero-order valence-electron chi connectivity index (χ0n) is 12.1. The molecule has 4 N–H and O–H groups in total. The van der Waals surface area contributed by atoms with Gasteiger partial charge in [0.15, 0.2) is 12.3 Å². The van der Waals surface area contributed by atoms with Crippen LogP contribution in [0, 0.1) is 0 Å². The number of aromatic amines is 1. The van der Waals surface area contributed by atoms with Crippen LogP contribution in [0.2, 0.25) is 0 Å². The third-order valence-electron chi connectivity index (χ3n) is 2.66. The van der Waals surface area contributed by atoms with Crippen LogP contribution in [0.1, 0.15) is 16.1 Å². The number of nitrogens with zero attached hydrogens (tertiary/aromatic N) is 2. The normalized spacial score (nSPS) is 10.9. The molecule has 1 aromatic heterocycles. The molecule has 0 spiro atoms. The Bertz CT molecular complexity index is 825. The molecule has 2 rings (SSSR count). The number of esters is 1. The van der Waals surface area contributed by atoms with Crippen molar-refractivity contribution in [1.29, 1.82) is 0 Å². The average Bonchev–Trinajstić information content (AvgIpc) is 2.58. The number of carbonyl (C=O) groups is 2. The van der Waals surface area contributed by atoms with Gasteiger partial charge in [-0.3, -0.25) is 4.79 Å². The number of aromatic nitrogens is 2. The molecule has 0 aliphatic carbocycles. The summed E-state index contributed by atoms with van der Waals surface area (Å²) in [6.45, 7) is -0.593. The van der Waals surface area contributed by atoms with E-state index in [-0.39, 0.29) is 22.9 Å². The first-order valence-electron chi connectivity index (χ1n) is 6.51. The molecule has 124 valence electrons. The van der Waals surface area contributed by atoms with Crippen LogP contribution in [0.4, 0.5) is 0 Å². The first-order chi connectivity index (χ1) is 11.5. The van der Waals surface area contributed by atoms with Gasteiger partial charge in [0.2, 0.25) is 5.90 Å². The maximum absolute atomic E-state index is 12.0. The molecule has 2 aromatic rings. The van der Waals surface area contributed by atoms with Crippen LogP contribution in [-0.2, 0) is 9.53 Å². The summed E-state index contributed by atoms with van der Waals surface area (Å²) in [6, 6.07) is 8.42. The van der Waals surface area contributed by atoms with Gasteiger partial charge in [0, 0.05) is 6.07 Å². The lowest BCUT2D eigenvalue weighted by molar-refractivity contribution is -0.139. The number of hydrazone groups is 1. The van der Waals surface area contributed by atoms with Gasteiger partial charge in [-0.15, -0.1) is 5.10 Å². The fraction of sp³-hybridized carbons (Fsp3) is 0.0714. The Kier molecular flexibility index (Phi) is 5.24. The lowest BCUT2D eigenvalue weighted by Crippen LogP contribution is -2.20. The predicted octanol–water partition coefficient (Wildman–Crippen LogP) is -0.289. The lowest BCUT2D eigenvalue weighted by atomic mass is 10.2. The quantitative estimate of drug-likeness (QED) is 0.222. The van der Waals surface area contributed by atoms with Crippen LogP contribution in [0.5, 0.6) is 5.75 Å². The average molecular weight is 332 g/mol. The second-order valence-electron chi connectivity index (χ2n) is 4.31. The van der Waals surface area contributed by atoms with E-state index < -0.39 is 24.1 Å². The highest BCUT2D eigenvalue weighted by Gasteiger charge is 2.18. The van der Waals surface area contributed by atoms with Crippen molar-refractivity contribution in [1.82, 2.24) is 10.2 Å². The van der Waals surface area contributed by atoms with Crippen LogP contribution >= 0.6 is 0 Å². The highest BCUT2D eigenvalue weighted by atomic mass is 16.5. The Balaban J connectivity index is 2.23. The number of nitrogens with two attached hydrogens (primary N) is 1. The molecule has 0 bridgehead atoms. The molecule has 1 aromatic carbocycles. The summed E-state index contributed by atoms with van der Waals surface area (Å²) < 4.78 is 10.1. The van der Waals surface area contributed by atoms with E-state index in [9.17, 15) is 14.4 Å². The monoisotopic (exact) mass is 332 g/mol. The van der Waals surface area contributed by atoms with E-state index in [2.05, 4.69) is 15.3 Å². The predicted molar refractivity (Wildman–Crippen MR) is 80.6 cm³/mol. The number of ether oxygens (including phenoxy) is 2. The molecule has 0 aliphatic heterocycles. The van der Waals surface area contributed by atoms with Crippen LogP contribution in [0.15, 0.2) is 46.3 Å². The standard InChI is InChI=1S/C14H12N4O6/c15-16-13(24-14(22)9-5-6-11(19)18-17-9)8-3-1-2-4-10(8)23-7-12(20)21/h1-6H,7,15H2,(H,18,19)(H,20,21)/b16-13-. The number of hydrogen-bond acceptors (Lipinski definition) is 8. The lowest BCUT2D eigenvalue weighted by Gasteiger charge is -2.11. The van der Waals surface area contributed by atoms with Gasteiger partial charge in [-0.05, 0) is 18.2 Å². The number of nitrogens with one attached hydrogen (secondary N) is 1. The van der Waals surface area contributed by atoms with Crippen molar-refractivity contribution in [2.75, 3.05) is 6.61 Å². The number of carboxylic acid groups (broad SMARTS) is 1. The molecule has 0 amide bonds. The summed E-state index contributed by atoms with van der Waals surface area (Å²) in [4.78, 5) is 33.5. The van der Waals surface area contributed by atoms with Crippen molar-refractivity contribution in [3.63, 3.8) is 0 Å². The van der Waals surface area contributed by atoms with Gasteiger partial charge in [-0.25, -0.2) is 14.7 Å². The second-order valence-corrected chi connectivity index (χ2v) is 4.31. The molecule has 10 nitrogen and oxygen atoms in total. The Morgan fingerprint density at radius 3 is 2.62 bits per heavy atom.